The van der Waals surface area contributed by atoms with Crippen molar-refractivity contribution in [3.8, 4) is 22.8 Å². The van der Waals surface area contributed by atoms with E-state index >= 15 is 0 Å². The smallest absolute Gasteiger partial charge is 0.279 e. The highest BCUT2D eigenvalue weighted by molar-refractivity contribution is 6.05. The van der Waals surface area contributed by atoms with Crippen molar-refractivity contribution >= 4 is 28.9 Å². The van der Waals surface area contributed by atoms with Gasteiger partial charge in [0.2, 0.25) is 5.95 Å². The molecule has 1 amide bonds. The van der Waals surface area contributed by atoms with Gasteiger partial charge in [0.05, 0.1) is 22.3 Å². The van der Waals surface area contributed by atoms with E-state index in [0.717, 1.165) is 42.7 Å². The highest BCUT2D eigenvalue weighted by Crippen LogP contribution is 2.33. The molecule has 40 heavy (non-hydrogen) atoms. The van der Waals surface area contributed by atoms with Crippen molar-refractivity contribution in [3.63, 3.8) is 0 Å². The fourth-order valence-corrected chi connectivity index (χ4v) is 4.98. The zero-order chi connectivity index (χ0) is 27.5. The van der Waals surface area contributed by atoms with Crippen LogP contribution in [0.3, 0.4) is 0 Å². The van der Waals surface area contributed by atoms with Gasteiger partial charge in [-0.3, -0.25) is 14.9 Å². The Kier molecular flexibility index (Phi) is 6.96. The van der Waals surface area contributed by atoms with Gasteiger partial charge in [-0.15, -0.1) is 0 Å². The average Bonchev–Trinajstić information content (AvgIpc) is 2.98. The number of hydrogen-bond acceptors (Lipinski definition) is 8. The van der Waals surface area contributed by atoms with Crippen LogP contribution in [0.15, 0.2) is 72.9 Å². The van der Waals surface area contributed by atoms with Gasteiger partial charge in [0.15, 0.2) is 0 Å². The lowest BCUT2D eigenvalue weighted by atomic mass is 9.97. The largest absolute Gasteiger partial charge is 0.490 e. The van der Waals surface area contributed by atoms with Gasteiger partial charge in [-0.2, -0.15) is 0 Å². The number of nitrogens with one attached hydrogen (secondary N) is 2. The first kappa shape index (κ1) is 25.3. The Balaban J connectivity index is 1.41. The van der Waals surface area contributed by atoms with Gasteiger partial charge in [0.25, 0.3) is 11.6 Å². The Labute approximate surface area is 230 Å². The zero-order valence-corrected chi connectivity index (χ0v) is 21.6. The molecule has 1 fully saturated rings. The second-order valence-electron chi connectivity index (χ2n) is 9.85. The predicted octanol–water partition coefficient (Wildman–Crippen LogP) is 6.65. The Morgan fingerprint density at radius 3 is 2.52 bits per heavy atom. The summed E-state index contributed by atoms with van der Waals surface area (Å²) in [5, 5.41) is 17.9. The van der Waals surface area contributed by atoms with Gasteiger partial charge in [-0.1, -0.05) is 6.42 Å². The summed E-state index contributed by atoms with van der Waals surface area (Å²) in [5.41, 5.74) is 2.67. The molecule has 3 aliphatic heterocycles. The second-order valence-corrected chi connectivity index (χ2v) is 9.85. The Morgan fingerprint density at radius 1 is 0.925 bits per heavy atom. The molecule has 1 aromatic heterocycles. The number of nitro benzene ring substituents is 1. The second kappa shape index (κ2) is 11.0. The fraction of sp³-hybridized carbons (Fsp3) is 0.233. The molecule has 10 nitrogen and oxygen atoms in total. The van der Waals surface area contributed by atoms with Crippen LogP contribution in [0.2, 0.25) is 0 Å². The molecule has 8 rings (SSSR count). The molecule has 0 atom stereocenters. The number of carbonyl (C=O) groups excluding carboxylic acids is 1. The van der Waals surface area contributed by atoms with Crippen molar-refractivity contribution in [2.24, 2.45) is 0 Å². The number of ether oxygens (including phenoxy) is 2. The molecule has 3 aromatic carbocycles. The van der Waals surface area contributed by atoms with Crippen LogP contribution >= 0.6 is 0 Å². The lowest BCUT2D eigenvalue weighted by molar-refractivity contribution is -0.384. The standard InChI is InChI=1S/C30H27N5O5/c36-29-19-6-12-25(27(17-19)35(37)38)26-14-15-31-30(34-26)33-22-9-13-28(40-24-4-2-1-3-5-24)20(16-22)18-39-23-10-7-21(32-29)8-11-23/h6-17,24H,1-5,18H2,(H,32,36)(H,31,33,34). The molecule has 4 aliphatic rings. The molecule has 0 radical (unpaired) electrons. The minimum atomic E-state index is -0.521. The van der Waals surface area contributed by atoms with Gasteiger partial charge in [-0.05, 0) is 86.3 Å². The molecule has 10 heteroatoms. The molecule has 202 valence electrons. The van der Waals surface area contributed by atoms with Gasteiger partial charge >= 0.3 is 0 Å². The Bertz CT molecular complexity index is 1570. The minimum absolute atomic E-state index is 0.155. The molecule has 0 unspecified atom stereocenters. The van der Waals surface area contributed by atoms with Crippen LogP contribution in [-0.4, -0.2) is 26.9 Å². The molecular weight excluding hydrogens is 510 g/mol. The van der Waals surface area contributed by atoms with Gasteiger partial charge < -0.3 is 20.1 Å². The number of hydrogen-bond donors (Lipinski definition) is 2. The number of carbonyl (C=O) groups is 1. The van der Waals surface area contributed by atoms with E-state index in [2.05, 4.69) is 20.6 Å². The minimum Gasteiger partial charge on any atom is -0.490 e. The van der Waals surface area contributed by atoms with Crippen molar-refractivity contribution in [3.05, 3.63) is 94.2 Å². The monoisotopic (exact) mass is 537 g/mol. The molecule has 2 N–H and O–H groups in total. The lowest BCUT2D eigenvalue weighted by Crippen LogP contribution is -2.20. The maximum atomic E-state index is 12.9. The van der Waals surface area contributed by atoms with E-state index in [-0.39, 0.29) is 35.5 Å². The van der Waals surface area contributed by atoms with Crippen LogP contribution in [0.1, 0.15) is 48.0 Å². The first-order valence-electron chi connectivity index (χ1n) is 13.2. The third-order valence-corrected chi connectivity index (χ3v) is 7.06. The van der Waals surface area contributed by atoms with Crippen molar-refractivity contribution < 1.29 is 19.2 Å². The van der Waals surface area contributed by atoms with Crippen molar-refractivity contribution in [2.75, 3.05) is 10.6 Å². The van der Waals surface area contributed by atoms with Crippen molar-refractivity contribution in [2.45, 2.75) is 44.8 Å². The summed E-state index contributed by atoms with van der Waals surface area (Å²) in [6, 6.07) is 18.6. The normalized spacial score (nSPS) is 15.2. The molecule has 4 heterocycles. The maximum Gasteiger partial charge on any atom is 0.279 e. The summed E-state index contributed by atoms with van der Waals surface area (Å²) in [6.45, 7) is 0.264. The lowest BCUT2D eigenvalue weighted by Gasteiger charge is -2.24. The highest BCUT2D eigenvalue weighted by Gasteiger charge is 2.21. The van der Waals surface area contributed by atoms with E-state index in [9.17, 15) is 14.9 Å². The fourth-order valence-electron chi connectivity index (χ4n) is 4.98. The molecule has 1 saturated carbocycles. The maximum absolute atomic E-state index is 12.9. The van der Waals surface area contributed by atoms with E-state index in [1.54, 1.807) is 30.3 Å². The molecule has 8 bridgehead atoms. The van der Waals surface area contributed by atoms with E-state index in [1.165, 1.54) is 30.8 Å². The predicted molar refractivity (Wildman–Crippen MR) is 150 cm³/mol. The third kappa shape index (κ3) is 5.56. The molecule has 0 spiro atoms. The molecule has 1 aliphatic carbocycles. The van der Waals surface area contributed by atoms with Gasteiger partial charge in [0, 0.05) is 34.8 Å². The topological polar surface area (TPSA) is 129 Å². The quantitative estimate of drug-likeness (QED) is 0.219. The number of rotatable bonds is 3. The molecular formula is C30H27N5O5. The first-order chi connectivity index (χ1) is 19.5. The number of nitrogens with zero attached hydrogens (tertiary/aromatic N) is 3. The summed E-state index contributed by atoms with van der Waals surface area (Å²) in [4.78, 5) is 33.2. The van der Waals surface area contributed by atoms with Crippen LogP contribution in [-0.2, 0) is 6.61 Å². The van der Waals surface area contributed by atoms with E-state index in [0.29, 0.717) is 17.1 Å². The SMILES string of the molecule is O=C1Nc2ccc(cc2)OCc2cc(ccc2OC2CCCCC2)Nc2nccc(n2)-c2ccc1cc2[N+](=O)[O-]. The first-order valence-corrected chi connectivity index (χ1v) is 13.2. The molecule has 4 aromatic rings. The summed E-state index contributed by atoms with van der Waals surface area (Å²) in [7, 11) is 0. The van der Waals surface area contributed by atoms with Gasteiger partial charge in [0.1, 0.15) is 18.1 Å². The van der Waals surface area contributed by atoms with Crippen molar-refractivity contribution in [1.29, 1.82) is 0 Å². The van der Waals surface area contributed by atoms with Gasteiger partial charge in [-0.25, -0.2) is 9.97 Å². The van der Waals surface area contributed by atoms with Crippen LogP contribution in [0.4, 0.5) is 23.0 Å². The highest BCUT2D eigenvalue weighted by atomic mass is 16.6. The number of benzene rings is 3. The van der Waals surface area contributed by atoms with Crippen LogP contribution < -0.4 is 20.1 Å². The Hall–Kier alpha value is -4.99. The van der Waals surface area contributed by atoms with Crippen LogP contribution in [0.5, 0.6) is 11.5 Å². The molecule has 0 saturated heterocycles. The van der Waals surface area contributed by atoms with E-state index in [4.69, 9.17) is 9.47 Å². The van der Waals surface area contributed by atoms with E-state index in [1.807, 2.05) is 18.2 Å². The van der Waals surface area contributed by atoms with Crippen LogP contribution in [0, 0.1) is 10.1 Å². The Morgan fingerprint density at radius 2 is 1.73 bits per heavy atom. The van der Waals surface area contributed by atoms with E-state index < -0.39 is 10.8 Å². The summed E-state index contributed by atoms with van der Waals surface area (Å²) in [5.74, 6) is 1.19. The van der Waals surface area contributed by atoms with Crippen molar-refractivity contribution in [1.82, 2.24) is 9.97 Å². The number of aromatic nitrogens is 2. The third-order valence-electron chi connectivity index (χ3n) is 7.06. The number of anilines is 3. The average molecular weight is 538 g/mol. The number of amides is 1. The summed E-state index contributed by atoms with van der Waals surface area (Å²) in [6.07, 6.45) is 7.32. The number of nitro groups is 1. The number of fused-ring (bicyclic) bond motifs is 2. The van der Waals surface area contributed by atoms with Crippen LogP contribution in [0.25, 0.3) is 11.3 Å². The summed E-state index contributed by atoms with van der Waals surface area (Å²) < 4.78 is 12.5. The summed E-state index contributed by atoms with van der Waals surface area (Å²) >= 11 is 0. The zero-order valence-electron chi connectivity index (χ0n) is 21.6.